The number of rotatable bonds is 7. The van der Waals surface area contributed by atoms with Gasteiger partial charge in [0.15, 0.2) is 5.82 Å². The first-order valence-electron chi connectivity index (χ1n) is 20.3. The molecule has 0 fully saturated rings. The van der Waals surface area contributed by atoms with Crippen LogP contribution in [0, 0.1) is 0 Å². The molecule has 0 amide bonds. The molecule has 278 valence electrons. The largest absolute Gasteiger partial charge is 0.333 e. The van der Waals surface area contributed by atoms with E-state index in [1.165, 1.54) is 55.7 Å². The number of allylic oxidation sites excluding steroid dienone is 2. The summed E-state index contributed by atoms with van der Waals surface area (Å²) >= 11 is 0. The average molecular weight is 754 g/mol. The summed E-state index contributed by atoms with van der Waals surface area (Å²) in [6, 6.07) is 71.9. The number of nitrogens with zero attached hydrogens (tertiary/aromatic N) is 3. The van der Waals surface area contributed by atoms with Crippen LogP contribution in [0.2, 0.25) is 0 Å². The number of fused-ring (bicyclic) bond motifs is 4. The summed E-state index contributed by atoms with van der Waals surface area (Å²) in [7, 11) is 0. The third kappa shape index (κ3) is 6.34. The van der Waals surface area contributed by atoms with Gasteiger partial charge in [0.2, 0.25) is 0 Å². The summed E-state index contributed by atoms with van der Waals surface area (Å²) in [5, 5.41) is 2.32. The highest BCUT2D eigenvalue weighted by atomic mass is 15.2. The molecule has 0 saturated heterocycles. The molecule has 0 radical (unpaired) electrons. The quantitative estimate of drug-likeness (QED) is 0.162. The number of para-hydroxylation sites is 1. The monoisotopic (exact) mass is 753 g/mol. The minimum absolute atomic E-state index is 0.204. The number of benzene rings is 8. The molecule has 0 N–H and O–H groups in total. The molecule has 1 aliphatic heterocycles. The zero-order valence-electron chi connectivity index (χ0n) is 32.4. The molecule has 1 aliphatic carbocycles. The summed E-state index contributed by atoms with van der Waals surface area (Å²) in [4.78, 5) is 13.0. The standard InChI is InChI=1S/C56H39N3/c1-4-16-38(17-5-1)40-28-30-41(31-29-40)52-37-53(58-56(57-52)42-20-8-3-9-21-42)49-33-32-46(47-22-10-11-23-48(47)49)44-34-43(39-18-6-2-7-19-39)35-45(36-44)59-54-26-14-12-24-50(54)51-25-13-15-27-55(51)59/h1-37,50,54H. The van der Waals surface area contributed by atoms with Crippen LogP contribution < -0.4 is 4.90 Å². The van der Waals surface area contributed by atoms with E-state index in [9.17, 15) is 0 Å². The first-order valence-corrected chi connectivity index (χ1v) is 20.3. The molecule has 2 unspecified atom stereocenters. The van der Waals surface area contributed by atoms with E-state index in [1.807, 2.05) is 18.2 Å². The van der Waals surface area contributed by atoms with Gasteiger partial charge >= 0.3 is 0 Å². The Labute approximate surface area is 345 Å². The molecule has 0 saturated carbocycles. The number of hydrogen-bond donors (Lipinski definition) is 0. The van der Waals surface area contributed by atoms with Gasteiger partial charge in [-0.2, -0.15) is 0 Å². The van der Waals surface area contributed by atoms with Crippen LogP contribution in [0.1, 0.15) is 11.5 Å². The molecule has 2 heterocycles. The minimum atomic E-state index is 0.204. The Balaban J connectivity index is 1.07. The Morgan fingerprint density at radius 3 is 1.66 bits per heavy atom. The molecular weight excluding hydrogens is 715 g/mol. The molecule has 0 bridgehead atoms. The van der Waals surface area contributed by atoms with Crippen molar-refractivity contribution in [2.24, 2.45) is 0 Å². The molecule has 3 heteroatoms. The van der Waals surface area contributed by atoms with Gasteiger partial charge in [-0.3, -0.25) is 0 Å². The van der Waals surface area contributed by atoms with Crippen molar-refractivity contribution in [2.75, 3.05) is 4.90 Å². The van der Waals surface area contributed by atoms with Gasteiger partial charge in [-0.1, -0.05) is 194 Å². The average Bonchev–Trinajstić information content (AvgIpc) is 3.66. The van der Waals surface area contributed by atoms with Crippen molar-refractivity contribution in [3.8, 4) is 67.3 Å². The lowest BCUT2D eigenvalue weighted by Crippen LogP contribution is -2.28. The molecule has 8 aromatic carbocycles. The van der Waals surface area contributed by atoms with Gasteiger partial charge < -0.3 is 4.90 Å². The van der Waals surface area contributed by atoms with Crippen molar-refractivity contribution in [3.05, 3.63) is 230 Å². The van der Waals surface area contributed by atoms with E-state index in [4.69, 9.17) is 9.97 Å². The van der Waals surface area contributed by atoms with Crippen molar-refractivity contribution < 1.29 is 0 Å². The summed E-state index contributed by atoms with van der Waals surface area (Å²) in [6.45, 7) is 0. The normalized spacial score (nSPS) is 15.3. The Morgan fingerprint density at radius 2 is 0.915 bits per heavy atom. The van der Waals surface area contributed by atoms with E-state index >= 15 is 0 Å². The predicted molar refractivity (Wildman–Crippen MR) is 246 cm³/mol. The van der Waals surface area contributed by atoms with Gasteiger partial charge in [0.05, 0.1) is 17.4 Å². The molecule has 59 heavy (non-hydrogen) atoms. The Bertz CT molecular complexity index is 3040. The van der Waals surface area contributed by atoms with Crippen LogP contribution in [-0.4, -0.2) is 16.0 Å². The fourth-order valence-electron chi connectivity index (χ4n) is 8.98. The van der Waals surface area contributed by atoms with Crippen molar-refractivity contribution in [2.45, 2.75) is 12.0 Å². The van der Waals surface area contributed by atoms with Gasteiger partial charge in [-0.15, -0.1) is 0 Å². The summed E-state index contributed by atoms with van der Waals surface area (Å²) in [6.07, 6.45) is 9.07. The van der Waals surface area contributed by atoms with Crippen LogP contribution in [0.4, 0.5) is 11.4 Å². The second kappa shape index (κ2) is 14.7. The number of hydrogen-bond acceptors (Lipinski definition) is 3. The van der Waals surface area contributed by atoms with E-state index in [0.29, 0.717) is 11.7 Å². The Kier molecular flexibility index (Phi) is 8.63. The maximum atomic E-state index is 5.27. The highest BCUT2D eigenvalue weighted by Gasteiger charge is 2.37. The first kappa shape index (κ1) is 34.6. The Hall–Kier alpha value is -7.62. The molecular formula is C56H39N3. The van der Waals surface area contributed by atoms with E-state index < -0.39 is 0 Å². The molecule has 9 aromatic rings. The molecule has 0 spiro atoms. The smallest absolute Gasteiger partial charge is 0.160 e. The zero-order chi connectivity index (χ0) is 39.1. The second-order valence-corrected chi connectivity index (χ2v) is 15.3. The number of anilines is 2. The SMILES string of the molecule is C1=CC2c3ccccc3N(c3cc(-c4ccccc4)cc(-c4ccc(-c5cc(-c6ccc(-c7ccccc7)cc6)nc(-c6ccccc6)n5)c5ccccc45)c3)C2C=C1. The van der Waals surface area contributed by atoms with E-state index in [2.05, 4.69) is 211 Å². The van der Waals surface area contributed by atoms with Crippen molar-refractivity contribution in [1.29, 1.82) is 0 Å². The lowest BCUT2D eigenvalue weighted by atomic mass is 9.90. The molecule has 2 atom stereocenters. The second-order valence-electron chi connectivity index (χ2n) is 15.3. The molecule has 3 nitrogen and oxygen atoms in total. The van der Waals surface area contributed by atoms with Gasteiger partial charge in [0, 0.05) is 34.0 Å². The third-order valence-corrected chi connectivity index (χ3v) is 11.8. The van der Waals surface area contributed by atoms with E-state index in [1.54, 1.807) is 0 Å². The topological polar surface area (TPSA) is 29.0 Å². The minimum Gasteiger partial charge on any atom is -0.333 e. The summed E-state index contributed by atoms with van der Waals surface area (Å²) in [5.41, 5.74) is 15.8. The van der Waals surface area contributed by atoms with Crippen LogP contribution in [0.5, 0.6) is 0 Å². The van der Waals surface area contributed by atoms with Gasteiger partial charge in [0.1, 0.15) is 0 Å². The van der Waals surface area contributed by atoms with Crippen LogP contribution in [0.3, 0.4) is 0 Å². The third-order valence-electron chi connectivity index (χ3n) is 11.8. The lowest BCUT2D eigenvalue weighted by molar-refractivity contribution is 0.745. The summed E-state index contributed by atoms with van der Waals surface area (Å²) in [5.74, 6) is 1.01. The summed E-state index contributed by atoms with van der Waals surface area (Å²) < 4.78 is 0. The van der Waals surface area contributed by atoms with Crippen LogP contribution in [0.15, 0.2) is 224 Å². The van der Waals surface area contributed by atoms with Gasteiger partial charge in [0.25, 0.3) is 0 Å². The highest BCUT2D eigenvalue weighted by molar-refractivity contribution is 6.05. The fraction of sp³-hybridized carbons (Fsp3) is 0.0357. The molecule has 2 aliphatic rings. The van der Waals surface area contributed by atoms with Gasteiger partial charge in [-0.05, 0) is 80.0 Å². The lowest BCUT2D eigenvalue weighted by Gasteiger charge is -2.29. The molecule has 11 rings (SSSR count). The predicted octanol–water partition coefficient (Wildman–Crippen LogP) is 14.4. The van der Waals surface area contributed by atoms with Crippen LogP contribution >= 0.6 is 0 Å². The highest BCUT2D eigenvalue weighted by Crippen LogP contribution is 2.49. The molecule has 1 aromatic heterocycles. The van der Waals surface area contributed by atoms with Crippen LogP contribution in [-0.2, 0) is 0 Å². The Morgan fingerprint density at radius 1 is 0.373 bits per heavy atom. The van der Waals surface area contributed by atoms with Gasteiger partial charge in [-0.25, -0.2) is 9.97 Å². The zero-order valence-corrected chi connectivity index (χ0v) is 32.4. The first-order chi connectivity index (χ1) is 29.2. The van der Waals surface area contributed by atoms with E-state index in [0.717, 1.165) is 33.5 Å². The van der Waals surface area contributed by atoms with Crippen molar-refractivity contribution in [1.82, 2.24) is 9.97 Å². The van der Waals surface area contributed by atoms with Crippen LogP contribution in [0.25, 0.3) is 78.1 Å². The fourth-order valence-corrected chi connectivity index (χ4v) is 8.98. The van der Waals surface area contributed by atoms with E-state index in [-0.39, 0.29) is 6.04 Å². The maximum Gasteiger partial charge on any atom is 0.160 e. The maximum absolute atomic E-state index is 5.27. The van der Waals surface area contributed by atoms with Crippen molar-refractivity contribution >= 4 is 22.1 Å². The van der Waals surface area contributed by atoms with Crippen molar-refractivity contribution in [3.63, 3.8) is 0 Å². The number of aromatic nitrogens is 2.